The van der Waals surface area contributed by atoms with E-state index in [0.29, 0.717) is 12.6 Å². The Morgan fingerprint density at radius 1 is 1.15 bits per heavy atom. The first-order valence-electron chi connectivity index (χ1n) is 9.10. The molecule has 2 heterocycles. The fourth-order valence-corrected chi connectivity index (χ4v) is 3.76. The standard InChI is InChI=1S/C21H23N3O2/c1-15-6-9-17(21(25)26)13-23(15)12-16-7-10-18(11-8-16)24-14-22-19-4-2-3-5-20(19)24/h2-5,7-8,10-11,14-15,17H,6,9,12-13H2,1H3,(H,25,26). The molecule has 2 aromatic carbocycles. The maximum absolute atomic E-state index is 11.3. The smallest absolute Gasteiger partial charge is 0.307 e. The Hall–Kier alpha value is -2.66. The van der Waals surface area contributed by atoms with Crippen LogP contribution >= 0.6 is 0 Å². The van der Waals surface area contributed by atoms with Crippen molar-refractivity contribution in [2.24, 2.45) is 5.92 Å². The Morgan fingerprint density at radius 2 is 1.92 bits per heavy atom. The van der Waals surface area contributed by atoms with Crippen LogP contribution in [0.25, 0.3) is 16.7 Å². The normalized spacial score (nSPS) is 21.1. The number of aromatic nitrogens is 2. The Kier molecular flexibility index (Phi) is 4.47. The summed E-state index contributed by atoms with van der Waals surface area (Å²) in [7, 11) is 0. The molecule has 1 aliphatic rings. The van der Waals surface area contributed by atoms with Crippen LogP contribution in [0, 0.1) is 5.92 Å². The van der Waals surface area contributed by atoms with E-state index in [1.54, 1.807) is 0 Å². The molecule has 26 heavy (non-hydrogen) atoms. The van der Waals surface area contributed by atoms with Crippen LogP contribution < -0.4 is 0 Å². The van der Waals surface area contributed by atoms with E-state index in [4.69, 9.17) is 0 Å². The monoisotopic (exact) mass is 349 g/mol. The highest BCUT2D eigenvalue weighted by atomic mass is 16.4. The fraction of sp³-hybridized carbons (Fsp3) is 0.333. The molecule has 4 rings (SSSR count). The Bertz CT molecular complexity index is 916. The number of aliphatic carboxylic acids is 1. The van der Waals surface area contributed by atoms with E-state index in [1.165, 1.54) is 5.56 Å². The van der Waals surface area contributed by atoms with Gasteiger partial charge in [0.05, 0.1) is 17.0 Å². The van der Waals surface area contributed by atoms with Crippen molar-refractivity contribution in [3.63, 3.8) is 0 Å². The van der Waals surface area contributed by atoms with Crippen molar-refractivity contribution in [3.05, 3.63) is 60.4 Å². The van der Waals surface area contributed by atoms with Gasteiger partial charge in [-0.05, 0) is 49.6 Å². The van der Waals surface area contributed by atoms with Gasteiger partial charge in [-0.15, -0.1) is 0 Å². The highest BCUT2D eigenvalue weighted by molar-refractivity contribution is 5.77. The van der Waals surface area contributed by atoms with Gasteiger partial charge in [-0.25, -0.2) is 4.98 Å². The van der Waals surface area contributed by atoms with Crippen molar-refractivity contribution in [2.75, 3.05) is 6.54 Å². The van der Waals surface area contributed by atoms with Gasteiger partial charge < -0.3 is 5.11 Å². The topological polar surface area (TPSA) is 58.4 Å². The number of rotatable bonds is 4. The number of carboxylic acids is 1. The zero-order valence-corrected chi connectivity index (χ0v) is 14.9. The molecule has 2 atom stereocenters. The number of likely N-dealkylation sites (tertiary alicyclic amines) is 1. The van der Waals surface area contributed by atoms with Gasteiger partial charge in [-0.2, -0.15) is 0 Å². The number of hydrogen-bond acceptors (Lipinski definition) is 3. The number of piperidine rings is 1. The number of para-hydroxylation sites is 2. The predicted molar refractivity (Wildman–Crippen MR) is 101 cm³/mol. The molecule has 0 aliphatic carbocycles. The van der Waals surface area contributed by atoms with Crippen LogP contribution in [0.1, 0.15) is 25.3 Å². The molecule has 1 saturated heterocycles. The van der Waals surface area contributed by atoms with Crippen LogP contribution in [0.2, 0.25) is 0 Å². The van der Waals surface area contributed by atoms with Crippen LogP contribution in [0.3, 0.4) is 0 Å². The third-order valence-corrected chi connectivity index (χ3v) is 5.41. The molecule has 3 aromatic rings. The van der Waals surface area contributed by atoms with E-state index < -0.39 is 5.97 Å². The van der Waals surface area contributed by atoms with Crippen molar-refractivity contribution in [3.8, 4) is 5.69 Å². The number of carbonyl (C=O) groups is 1. The summed E-state index contributed by atoms with van der Waals surface area (Å²) in [4.78, 5) is 18.0. The predicted octanol–water partition coefficient (Wildman–Crippen LogP) is 3.71. The maximum Gasteiger partial charge on any atom is 0.307 e. The molecular weight excluding hydrogens is 326 g/mol. The molecule has 1 N–H and O–H groups in total. The average molecular weight is 349 g/mol. The van der Waals surface area contributed by atoms with Crippen LogP contribution in [0.15, 0.2) is 54.9 Å². The van der Waals surface area contributed by atoms with E-state index in [2.05, 4.69) is 51.7 Å². The summed E-state index contributed by atoms with van der Waals surface area (Å²) in [6, 6.07) is 17.0. The van der Waals surface area contributed by atoms with Gasteiger partial charge >= 0.3 is 5.97 Å². The lowest BCUT2D eigenvalue weighted by Gasteiger charge is -2.36. The zero-order valence-electron chi connectivity index (χ0n) is 14.9. The summed E-state index contributed by atoms with van der Waals surface area (Å²) in [6.45, 7) is 3.60. The average Bonchev–Trinajstić information content (AvgIpc) is 3.08. The van der Waals surface area contributed by atoms with Gasteiger partial charge in [-0.1, -0.05) is 24.3 Å². The zero-order chi connectivity index (χ0) is 18.1. The van der Waals surface area contributed by atoms with Crippen LogP contribution in [-0.2, 0) is 11.3 Å². The Balaban J connectivity index is 1.52. The first-order valence-corrected chi connectivity index (χ1v) is 9.10. The van der Waals surface area contributed by atoms with Gasteiger partial charge in [0.2, 0.25) is 0 Å². The first kappa shape index (κ1) is 16.8. The summed E-state index contributed by atoms with van der Waals surface area (Å²) in [5, 5.41) is 9.30. The maximum atomic E-state index is 11.3. The second-order valence-electron chi connectivity index (χ2n) is 7.16. The highest BCUT2D eigenvalue weighted by Gasteiger charge is 2.29. The van der Waals surface area contributed by atoms with E-state index in [0.717, 1.165) is 36.1 Å². The lowest BCUT2D eigenvalue weighted by molar-refractivity contribution is -0.144. The van der Waals surface area contributed by atoms with E-state index in [1.807, 2.05) is 24.5 Å². The summed E-state index contributed by atoms with van der Waals surface area (Å²) in [5.41, 5.74) is 4.36. The molecule has 1 aliphatic heterocycles. The third-order valence-electron chi connectivity index (χ3n) is 5.41. The lowest BCUT2D eigenvalue weighted by Crippen LogP contribution is -2.43. The first-order chi connectivity index (χ1) is 12.6. The van der Waals surface area contributed by atoms with Crippen molar-refractivity contribution in [2.45, 2.75) is 32.4 Å². The molecule has 1 fully saturated rings. The van der Waals surface area contributed by atoms with Crippen molar-refractivity contribution >= 4 is 17.0 Å². The molecule has 0 amide bonds. The second-order valence-corrected chi connectivity index (χ2v) is 7.16. The number of carboxylic acid groups (broad SMARTS) is 1. The number of nitrogens with zero attached hydrogens (tertiary/aromatic N) is 3. The van der Waals surface area contributed by atoms with E-state index in [9.17, 15) is 9.90 Å². The van der Waals surface area contributed by atoms with Crippen LogP contribution in [-0.4, -0.2) is 38.1 Å². The minimum Gasteiger partial charge on any atom is -0.481 e. The summed E-state index contributed by atoms with van der Waals surface area (Å²) in [6.07, 6.45) is 3.57. The molecule has 5 heteroatoms. The van der Waals surface area contributed by atoms with Gasteiger partial charge in [0, 0.05) is 24.8 Å². The van der Waals surface area contributed by atoms with Gasteiger partial charge in [0.25, 0.3) is 0 Å². The number of fused-ring (bicyclic) bond motifs is 1. The lowest BCUT2D eigenvalue weighted by atomic mass is 9.93. The van der Waals surface area contributed by atoms with E-state index in [-0.39, 0.29) is 5.92 Å². The molecule has 0 radical (unpaired) electrons. The minimum atomic E-state index is -0.677. The quantitative estimate of drug-likeness (QED) is 0.780. The molecule has 134 valence electrons. The van der Waals surface area contributed by atoms with Crippen molar-refractivity contribution < 1.29 is 9.90 Å². The van der Waals surface area contributed by atoms with E-state index >= 15 is 0 Å². The number of imidazole rings is 1. The fourth-order valence-electron chi connectivity index (χ4n) is 3.76. The molecule has 0 saturated carbocycles. The summed E-state index contributed by atoms with van der Waals surface area (Å²) >= 11 is 0. The van der Waals surface area contributed by atoms with Crippen LogP contribution in [0.5, 0.6) is 0 Å². The molecule has 0 bridgehead atoms. The molecule has 0 spiro atoms. The molecular formula is C21H23N3O2. The molecule has 1 aromatic heterocycles. The molecule has 5 nitrogen and oxygen atoms in total. The highest BCUT2D eigenvalue weighted by Crippen LogP contribution is 2.24. The van der Waals surface area contributed by atoms with Gasteiger partial charge in [-0.3, -0.25) is 14.3 Å². The SMILES string of the molecule is CC1CCC(C(=O)O)CN1Cc1ccc(-n2cnc3ccccc32)cc1. The van der Waals surface area contributed by atoms with Gasteiger partial charge in [0.1, 0.15) is 6.33 Å². The van der Waals surface area contributed by atoms with Crippen molar-refractivity contribution in [1.82, 2.24) is 14.5 Å². The number of hydrogen-bond donors (Lipinski definition) is 1. The largest absolute Gasteiger partial charge is 0.481 e. The summed E-state index contributed by atoms with van der Waals surface area (Å²) in [5.74, 6) is -0.924. The van der Waals surface area contributed by atoms with Crippen molar-refractivity contribution in [1.29, 1.82) is 0 Å². The molecule has 2 unspecified atom stereocenters. The number of benzene rings is 2. The summed E-state index contributed by atoms with van der Waals surface area (Å²) < 4.78 is 2.09. The third kappa shape index (κ3) is 3.22. The second kappa shape index (κ2) is 6.92. The Labute approximate surface area is 152 Å². The van der Waals surface area contributed by atoms with Crippen LogP contribution in [0.4, 0.5) is 0 Å². The van der Waals surface area contributed by atoms with Gasteiger partial charge in [0.15, 0.2) is 0 Å². The Morgan fingerprint density at radius 3 is 2.69 bits per heavy atom. The minimum absolute atomic E-state index is 0.247.